The summed E-state index contributed by atoms with van der Waals surface area (Å²) < 4.78 is 35.0. The number of hydrogen-bond donors (Lipinski definition) is 0. The summed E-state index contributed by atoms with van der Waals surface area (Å²) in [5.74, 6) is -0.613. The van der Waals surface area contributed by atoms with Crippen molar-refractivity contribution in [3.05, 3.63) is 65.5 Å². The molecule has 1 aliphatic heterocycles. The van der Waals surface area contributed by atoms with E-state index < -0.39 is 16.0 Å². The summed E-state index contributed by atoms with van der Waals surface area (Å²) in [7, 11) is -3.73. The Bertz CT molecular complexity index is 1350. The molecule has 0 bridgehead atoms. The molecule has 34 heavy (non-hydrogen) atoms. The van der Waals surface area contributed by atoms with Crippen molar-refractivity contribution in [2.45, 2.75) is 38.2 Å². The van der Waals surface area contributed by atoms with E-state index in [0.29, 0.717) is 29.9 Å². The lowest BCUT2D eigenvalue weighted by molar-refractivity contribution is 0.0473. The minimum absolute atomic E-state index is 0.0680. The van der Waals surface area contributed by atoms with Crippen LogP contribution in [0.25, 0.3) is 5.52 Å². The highest BCUT2D eigenvalue weighted by Gasteiger charge is 2.27. The van der Waals surface area contributed by atoms with Crippen molar-refractivity contribution < 1.29 is 17.9 Å². The van der Waals surface area contributed by atoms with Crippen LogP contribution in [-0.4, -0.2) is 49.3 Å². The molecule has 1 aromatic carbocycles. The number of pyridine rings is 1. The first-order valence-corrected chi connectivity index (χ1v) is 12.9. The summed E-state index contributed by atoms with van der Waals surface area (Å²) in [4.78, 5) is 15.4. The summed E-state index contributed by atoms with van der Waals surface area (Å²) in [6.45, 7) is 5.75. The van der Waals surface area contributed by atoms with Gasteiger partial charge in [-0.25, -0.2) is 13.2 Å². The van der Waals surface area contributed by atoms with Gasteiger partial charge in [-0.15, -0.1) is 0 Å². The minimum Gasteiger partial charge on any atom is -0.457 e. The van der Waals surface area contributed by atoms with Crippen LogP contribution in [0.2, 0.25) is 0 Å². The topological polar surface area (TPSA) is 95.1 Å². The number of aromatic nitrogens is 1. The van der Waals surface area contributed by atoms with Gasteiger partial charge in [0.1, 0.15) is 12.7 Å². The van der Waals surface area contributed by atoms with E-state index in [0.717, 1.165) is 31.4 Å². The zero-order chi connectivity index (χ0) is 24.3. The van der Waals surface area contributed by atoms with Gasteiger partial charge in [0.15, 0.2) is 0 Å². The Labute approximate surface area is 200 Å². The molecule has 9 heteroatoms. The van der Waals surface area contributed by atoms with Crippen LogP contribution >= 0.6 is 0 Å². The standard InChI is InChI=1S/C25H28N4O4S/c1-3-29(4-2)34(31,32)20-10-11-24(27-12-7-8-13-27)21(15-20)25(30)33-18-19-17-28-14-6-5-9-23(28)22(19)16-26/h5-6,9-11,14-15,17H,3-4,7-8,12-13,18H2,1-2H3. The summed E-state index contributed by atoms with van der Waals surface area (Å²) in [6, 6.07) is 12.4. The van der Waals surface area contributed by atoms with Gasteiger partial charge in [0.05, 0.1) is 27.2 Å². The smallest absolute Gasteiger partial charge is 0.340 e. The largest absolute Gasteiger partial charge is 0.457 e. The van der Waals surface area contributed by atoms with E-state index in [9.17, 15) is 18.5 Å². The number of carbonyl (C=O) groups excluding carboxylic acids is 1. The first-order valence-electron chi connectivity index (χ1n) is 11.5. The molecule has 1 aliphatic rings. The number of nitriles is 1. The van der Waals surface area contributed by atoms with Gasteiger partial charge in [0.2, 0.25) is 10.0 Å². The summed E-state index contributed by atoms with van der Waals surface area (Å²) in [5, 5.41) is 9.62. The van der Waals surface area contributed by atoms with Crippen LogP contribution in [0.4, 0.5) is 5.69 Å². The molecule has 3 heterocycles. The molecule has 1 fully saturated rings. The molecule has 0 atom stereocenters. The van der Waals surface area contributed by atoms with Crippen LogP contribution < -0.4 is 4.90 Å². The molecule has 0 radical (unpaired) electrons. The van der Waals surface area contributed by atoms with Gasteiger partial charge < -0.3 is 14.0 Å². The van der Waals surface area contributed by atoms with Crippen molar-refractivity contribution in [1.29, 1.82) is 5.26 Å². The minimum atomic E-state index is -3.73. The van der Waals surface area contributed by atoms with Crippen molar-refractivity contribution >= 4 is 27.2 Å². The molecular weight excluding hydrogens is 452 g/mol. The number of esters is 1. The molecule has 8 nitrogen and oxygen atoms in total. The molecule has 0 saturated carbocycles. The molecule has 178 valence electrons. The summed E-state index contributed by atoms with van der Waals surface area (Å²) in [5.41, 5.74) is 2.67. The monoisotopic (exact) mass is 480 g/mol. The maximum Gasteiger partial charge on any atom is 0.340 e. The Balaban J connectivity index is 1.67. The number of sulfonamides is 1. The summed E-state index contributed by atoms with van der Waals surface area (Å²) >= 11 is 0. The third-order valence-electron chi connectivity index (χ3n) is 6.21. The molecule has 0 aliphatic carbocycles. The van der Waals surface area contributed by atoms with Crippen molar-refractivity contribution in [1.82, 2.24) is 8.71 Å². The van der Waals surface area contributed by atoms with E-state index in [-0.39, 0.29) is 17.1 Å². The van der Waals surface area contributed by atoms with Crippen LogP contribution in [-0.2, 0) is 21.4 Å². The quantitative estimate of drug-likeness (QED) is 0.455. The first kappa shape index (κ1) is 23.8. The van der Waals surface area contributed by atoms with E-state index in [1.807, 2.05) is 28.8 Å². The lowest BCUT2D eigenvalue weighted by atomic mass is 10.1. The fraction of sp³-hybridized carbons (Fsp3) is 0.360. The Morgan fingerprint density at radius 2 is 1.88 bits per heavy atom. The third-order valence-corrected chi connectivity index (χ3v) is 8.26. The number of anilines is 1. The molecule has 0 N–H and O–H groups in total. The lowest BCUT2D eigenvalue weighted by Gasteiger charge is -2.23. The van der Waals surface area contributed by atoms with Crippen LogP contribution in [0.1, 0.15) is 48.2 Å². The number of rotatable bonds is 8. The highest BCUT2D eigenvalue weighted by molar-refractivity contribution is 7.89. The Hall–Kier alpha value is -3.35. The van der Waals surface area contributed by atoms with Gasteiger partial charge in [-0.3, -0.25) is 0 Å². The molecule has 4 rings (SSSR count). The predicted octanol–water partition coefficient (Wildman–Crippen LogP) is 3.80. The second-order valence-electron chi connectivity index (χ2n) is 8.17. The highest BCUT2D eigenvalue weighted by atomic mass is 32.2. The number of carbonyl (C=O) groups is 1. The third kappa shape index (κ3) is 4.39. The second kappa shape index (κ2) is 9.87. The number of fused-ring (bicyclic) bond motifs is 1. The van der Waals surface area contributed by atoms with Crippen molar-refractivity contribution in [2.24, 2.45) is 0 Å². The molecule has 1 saturated heterocycles. The first-order chi connectivity index (χ1) is 16.4. The van der Waals surface area contributed by atoms with Gasteiger partial charge in [-0.1, -0.05) is 19.9 Å². The van der Waals surface area contributed by atoms with Gasteiger partial charge >= 0.3 is 5.97 Å². The normalized spacial score (nSPS) is 14.0. The molecule has 2 aromatic heterocycles. The molecule has 0 amide bonds. The average molecular weight is 481 g/mol. The number of benzene rings is 1. The number of ether oxygens (including phenoxy) is 1. The van der Waals surface area contributed by atoms with E-state index in [4.69, 9.17) is 4.74 Å². The van der Waals surface area contributed by atoms with Gasteiger partial charge in [0, 0.05) is 44.1 Å². The van der Waals surface area contributed by atoms with Gasteiger partial charge in [-0.05, 0) is 43.2 Å². The fourth-order valence-corrected chi connectivity index (χ4v) is 5.91. The van der Waals surface area contributed by atoms with Crippen molar-refractivity contribution in [3.8, 4) is 6.07 Å². The Kier molecular flexibility index (Phi) is 6.91. The van der Waals surface area contributed by atoms with Crippen LogP contribution in [0, 0.1) is 11.3 Å². The van der Waals surface area contributed by atoms with Gasteiger partial charge in [0.25, 0.3) is 0 Å². The summed E-state index contributed by atoms with van der Waals surface area (Å²) in [6.07, 6.45) is 5.62. The maximum atomic E-state index is 13.3. The van der Waals surface area contributed by atoms with Crippen LogP contribution in [0.3, 0.4) is 0 Å². The maximum absolute atomic E-state index is 13.3. The van der Waals surface area contributed by atoms with Crippen molar-refractivity contribution in [3.63, 3.8) is 0 Å². The molecule has 0 spiro atoms. The van der Waals surface area contributed by atoms with Gasteiger partial charge in [-0.2, -0.15) is 9.57 Å². The average Bonchev–Trinajstić information content (AvgIpc) is 3.50. The van der Waals surface area contributed by atoms with Crippen LogP contribution in [0.5, 0.6) is 0 Å². The van der Waals surface area contributed by atoms with Crippen LogP contribution in [0.15, 0.2) is 53.7 Å². The fourth-order valence-electron chi connectivity index (χ4n) is 4.42. The van der Waals surface area contributed by atoms with E-state index in [1.54, 1.807) is 32.2 Å². The Morgan fingerprint density at radius 3 is 2.56 bits per heavy atom. The van der Waals surface area contributed by atoms with E-state index in [2.05, 4.69) is 11.0 Å². The molecule has 3 aromatic rings. The Morgan fingerprint density at radius 1 is 1.15 bits per heavy atom. The molecule has 0 unspecified atom stereocenters. The lowest BCUT2D eigenvalue weighted by Crippen LogP contribution is -2.31. The van der Waals surface area contributed by atoms with E-state index in [1.165, 1.54) is 10.4 Å². The van der Waals surface area contributed by atoms with E-state index >= 15 is 0 Å². The predicted molar refractivity (Wildman–Crippen MR) is 129 cm³/mol. The second-order valence-corrected chi connectivity index (χ2v) is 10.1. The molecular formula is C25H28N4O4S. The zero-order valence-electron chi connectivity index (χ0n) is 19.4. The number of hydrogen-bond acceptors (Lipinski definition) is 6. The van der Waals surface area contributed by atoms with Crippen molar-refractivity contribution in [2.75, 3.05) is 31.1 Å². The number of nitrogens with zero attached hydrogens (tertiary/aromatic N) is 4. The highest BCUT2D eigenvalue weighted by Crippen LogP contribution is 2.30. The zero-order valence-corrected chi connectivity index (χ0v) is 20.2. The SMILES string of the molecule is CCN(CC)S(=O)(=O)c1ccc(N2CCCC2)c(C(=O)OCc2cn3ccccc3c2C#N)c1.